The summed E-state index contributed by atoms with van der Waals surface area (Å²) in [7, 11) is 0. The van der Waals surface area contributed by atoms with E-state index in [1.165, 1.54) is 32.1 Å². The summed E-state index contributed by atoms with van der Waals surface area (Å²) in [5.41, 5.74) is 4.75. The number of piperidine rings is 1. The smallest absolute Gasteiger partial charge is 0.231 e. The lowest BCUT2D eigenvalue weighted by atomic mass is 9.71. The summed E-state index contributed by atoms with van der Waals surface area (Å²) in [5, 5.41) is 9.65. The van der Waals surface area contributed by atoms with Crippen LogP contribution < -0.4 is 4.90 Å². The van der Waals surface area contributed by atoms with E-state index in [1.807, 2.05) is 31.2 Å². The van der Waals surface area contributed by atoms with Crippen molar-refractivity contribution in [1.82, 2.24) is 14.8 Å². The monoisotopic (exact) mass is 394 g/mol. The molecular weight excluding hydrogens is 368 g/mol. The molecule has 2 fully saturated rings. The first-order chi connectivity index (χ1) is 13.6. The number of aryl methyl sites for hydroxylation is 1. The van der Waals surface area contributed by atoms with E-state index in [-0.39, 0.29) is 0 Å². The van der Waals surface area contributed by atoms with Gasteiger partial charge in [0.05, 0.1) is 5.69 Å². The highest BCUT2D eigenvalue weighted by Crippen LogP contribution is 2.54. The molecule has 1 saturated heterocycles. The van der Waals surface area contributed by atoms with E-state index in [2.05, 4.69) is 38.7 Å². The van der Waals surface area contributed by atoms with Crippen LogP contribution in [0.3, 0.4) is 0 Å². The van der Waals surface area contributed by atoms with Crippen molar-refractivity contribution >= 4 is 17.5 Å². The lowest BCUT2D eigenvalue weighted by Crippen LogP contribution is -2.41. The van der Waals surface area contributed by atoms with Crippen LogP contribution in [0.15, 0.2) is 47.6 Å². The Bertz CT molecular complexity index is 945. The topological polar surface area (TPSA) is 34.0 Å². The minimum Gasteiger partial charge on any atom is -0.341 e. The predicted octanol–water partition coefficient (Wildman–Crippen LogP) is 5.50. The Hall–Kier alpha value is -2.07. The molecule has 28 heavy (non-hydrogen) atoms. The summed E-state index contributed by atoms with van der Waals surface area (Å²) in [5.74, 6) is 2.55. The third-order valence-corrected chi connectivity index (χ3v) is 7.13. The fraction of sp³-hybridized carbons (Fsp3) is 0.478. The molecule has 1 saturated carbocycles. The van der Waals surface area contributed by atoms with Crippen molar-refractivity contribution < 1.29 is 0 Å². The average molecular weight is 395 g/mol. The summed E-state index contributed by atoms with van der Waals surface area (Å²) in [6.07, 6.45) is 11.3. The van der Waals surface area contributed by atoms with E-state index in [1.54, 1.807) is 11.1 Å². The van der Waals surface area contributed by atoms with Crippen molar-refractivity contribution in [3.05, 3.63) is 58.4 Å². The highest BCUT2D eigenvalue weighted by atomic mass is 35.5. The summed E-state index contributed by atoms with van der Waals surface area (Å²) in [6.45, 7) is 6.42. The molecule has 2 aromatic rings. The first-order valence-electron chi connectivity index (χ1n) is 10.4. The molecule has 1 aromatic heterocycles. The van der Waals surface area contributed by atoms with Crippen molar-refractivity contribution in [3.63, 3.8) is 0 Å². The van der Waals surface area contributed by atoms with Crippen LogP contribution in [0.2, 0.25) is 5.02 Å². The Balaban J connectivity index is 1.40. The van der Waals surface area contributed by atoms with Crippen LogP contribution >= 0.6 is 11.6 Å². The number of anilines is 1. The molecule has 0 radical (unpaired) electrons. The van der Waals surface area contributed by atoms with Crippen LogP contribution in [0.1, 0.15) is 44.9 Å². The second kappa shape index (κ2) is 6.77. The fourth-order valence-electron chi connectivity index (χ4n) is 5.26. The van der Waals surface area contributed by atoms with E-state index in [0.29, 0.717) is 11.3 Å². The average Bonchev–Trinajstić information content (AvgIpc) is 3.25. The van der Waals surface area contributed by atoms with Gasteiger partial charge in [0.25, 0.3) is 0 Å². The molecule has 0 N–H and O–H groups in total. The molecule has 2 heterocycles. The number of hydrogen-bond acceptors (Lipinski definition) is 3. The molecule has 2 aliphatic carbocycles. The van der Waals surface area contributed by atoms with Gasteiger partial charge in [0.1, 0.15) is 5.82 Å². The van der Waals surface area contributed by atoms with Gasteiger partial charge in [-0.3, -0.25) is 4.57 Å². The van der Waals surface area contributed by atoms with Crippen LogP contribution in [-0.2, 0) is 0 Å². The van der Waals surface area contributed by atoms with Gasteiger partial charge in [-0.1, -0.05) is 30.7 Å². The van der Waals surface area contributed by atoms with Crippen molar-refractivity contribution in [1.29, 1.82) is 0 Å². The summed E-state index contributed by atoms with van der Waals surface area (Å²) >= 11 is 6.08. The molecule has 5 rings (SSSR count). The molecule has 0 amide bonds. The first-order valence-corrected chi connectivity index (χ1v) is 10.8. The molecule has 1 aromatic carbocycles. The fourth-order valence-corrected chi connectivity index (χ4v) is 5.39. The van der Waals surface area contributed by atoms with Crippen LogP contribution in [0.5, 0.6) is 0 Å². The molecule has 0 bridgehead atoms. The third kappa shape index (κ3) is 2.89. The number of rotatable bonds is 2. The molecule has 1 atom stereocenters. The number of aromatic nitrogens is 3. The standard InChI is InChI=1S/C23H27ClN4/c1-16-3-4-18-9-10-23(21(18)15-16)11-13-27(14-12-23)22-26-25-17(2)28(22)20-7-5-19(24)6-8-20/h4-8,15-16H,3,9-14H2,1-2H3. The van der Waals surface area contributed by atoms with Gasteiger partial charge in [0, 0.05) is 18.1 Å². The number of fused-ring (bicyclic) bond motifs is 2. The number of nitrogens with zero attached hydrogens (tertiary/aromatic N) is 4. The Morgan fingerprint density at radius 2 is 1.82 bits per heavy atom. The molecule has 4 nitrogen and oxygen atoms in total. The van der Waals surface area contributed by atoms with Crippen molar-refractivity contribution in [2.24, 2.45) is 11.3 Å². The lowest BCUT2D eigenvalue weighted by molar-refractivity contribution is 0.278. The van der Waals surface area contributed by atoms with E-state index < -0.39 is 0 Å². The zero-order valence-electron chi connectivity index (χ0n) is 16.7. The molecule has 3 aliphatic rings. The molecule has 5 heteroatoms. The van der Waals surface area contributed by atoms with Crippen LogP contribution in [0.25, 0.3) is 5.69 Å². The minimum atomic E-state index is 0.386. The Kier molecular flexibility index (Phi) is 4.35. The van der Waals surface area contributed by atoms with Crippen molar-refractivity contribution in [2.45, 2.75) is 46.0 Å². The van der Waals surface area contributed by atoms with Crippen molar-refractivity contribution in [2.75, 3.05) is 18.0 Å². The van der Waals surface area contributed by atoms with Crippen LogP contribution in [0, 0.1) is 18.3 Å². The van der Waals surface area contributed by atoms with Gasteiger partial charge in [-0.2, -0.15) is 0 Å². The molecule has 1 unspecified atom stereocenters. The Labute approximate surface area is 171 Å². The summed E-state index contributed by atoms with van der Waals surface area (Å²) < 4.78 is 2.15. The van der Waals surface area contributed by atoms with E-state index in [9.17, 15) is 0 Å². The van der Waals surface area contributed by atoms with Gasteiger partial charge < -0.3 is 4.90 Å². The molecule has 1 spiro atoms. The maximum Gasteiger partial charge on any atom is 0.231 e. The van der Waals surface area contributed by atoms with Crippen LogP contribution in [-0.4, -0.2) is 27.9 Å². The summed E-state index contributed by atoms with van der Waals surface area (Å²) in [4.78, 5) is 2.41. The Morgan fingerprint density at radius 1 is 1.07 bits per heavy atom. The lowest BCUT2D eigenvalue weighted by Gasteiger charge is -2.41. The number of allylic oxidation sites excluding steroid dienone is 4. The van der Waals surface area contributed by atoms with Gasteiger partial charge in [-0.15, -0.1) is 10.2 Å². The zero-order chi connectivity index (χ0) is 19.3. The maximum absolute atomic E-state index is 6.08. The largest absolute Gasteiger partial charge is 0.341 e. The van der Waals surface area contributed by atoms with E-state index in [4.69, 9.17) is 11.6 Å². The highest BCUT2D eigenvalue weighted by Gasteiger charge is 2.44. The second-order valence-electron chi connectivity index (χ2n) is 8.65. The van der Waals surface area contributed by atoms with Gasteiger partial charge in [0.15, 0.2) is 0 Å². The number of benzene rings is 1. The third-order valence-electron chi connectivity index (χ3n) is 6.87. The quantitative estimate of drug-likeness (QED) is 0.674. The van der Waals surface area contributed by atoms with Gasteiger partial charge >= 0.3 is 0 Å². The summed E-state index contributed by atoms with van der Waals surface area (Å²) in [6, 6.07) is 7.93. The van der Waals surface area contributed by atoms with Crippen LogP contribution in [0.4, 0.5) is 5.95 Å². The Morgan fingerprint density at radius 3 is 2.57 bits per heavy atom. The first kappa shape index (κ1) is 18.0. The van der Waals surface area contributed by atoms with Gasteiger partial charge in [-0.05, 0) is 85.8 Å². The van der Waals surface area contributed by atoms with Gasteiger partial charge in [-0.25, -0.2) is 0 Å². The number of halogens is 1. The maximum atomic E-state index is 6.08. The molecule has 146 valence electrons. The molecule has 1 aliphatic heterocycles. The normalized spacial score (nSPS) is 23.5. The minimum absolute atomic E-state index is 0.386. The molecular formula is C23H27ClN4. The van der Waals surface area contributed by atoms with Crippen molar-refractivity contribution in [3.8, 4) is 5.69 Å². The SMILES string of the molecule is Cc1nnc(N2CCC3(CCC4=CCC(C)C=C43)CC2)n1-c1ccc(Cl)cc1. The second-order valence-corrected chi connectivity index (χ2v) is 9.09. The number of hydrogen-bond donors (Lipinski definition) is 0. The van der Waals surface area contributed by atoms with Gasteiger partial charge in [0.2, 0.25) is 5.95 Å². The van der Waals surface area contributed by atoms with E-state index in [0.717, 1.165) is 35.6 Å². The van der Waals surface area contributed by atoms with E-state index >= 15 is 0 Å². The predicted molar refractivity (Wildman–Crippen MR) is 114 cm³/mol. The highest BCUT2D eigenvalue weighted by molar-refractivity contribution is 6.30. The zero-order valence-corrected chi connectivity index (χ0v) is 17.4.